The molecule has 0 N–H and O–H groups in total. The van der Waals surface area contributed by atoms with E-state index in [4.69, 9.17) is 27.9 Å². The number of likely N-dealkylation sites (tertiary alicyclic amines) is 1. The molecular weight excluding hydrogens is 414 g/mol. The van der Waals surface area contributed by atoms with Crippen molar-refractivity contribution in [3.05, 3.63) is 67.9 Å². The number of carbonyl (C=O) groups excluding carboxylic acids is 2. The van der Waals surface area contributed by atoms with Gasteiger partial charge in [-0.15, -0.1) is 0 Å². The van der Waals surface area contributed by atoms with Crippen LogP contribution in [0.3, 0.4) is 0 Å². The first kappa shape index (κ1) is 20.0. The maximum Gasteiger partial charge on any atom is 0.334 e. The number of esters is 1. The van der Waals surface area contributed by atoms with Crippen molar-refractivity contribution >= 4 is 40.8 Å². The quantitative estimate of drug-likeness (QED) is 0.315. The molecule has 1 saturated heterocycles. The number of nitrogens with zero attached hydrogens (tertiary/aromatic N) is 2. The summed E-state index contributed by atoms with van der Waals surface area (Å²) in [5.41, 5.74) is -0.346. The first-order valence-electron chi connectivity index (χ1n) is 8.19. The van der Waals surface area contributed by atoms with Gasteiger partial charge in [-0.1, -0.05) is 23.2 Å². The Morgan fingerprint density at radius 2 is 1.86 bits per heavy atom. The highest BCUT2D eigenvalue weighted by molar-refractivity contribution is 6.35. The average molecular weight is 427 g/mol. The molecule has 1 atom stereocenters. The van der Waals surface area contributed by atoms with Crippen molar-refractivity contribution in [2.24, 2.45) is 0 Å². The van der Waals surface area contributed by atoms with Crippen LogP contribution in [0.1, 0.15) is 23.2 Å². The van der Waals surface area contributed by atoms with Gasteiger partial charge in [0.2, 0.25) is 5.75 Å². The van der Waals surface area contributed by atoms with Gasteiger partial charge in [0.25, 0.3) is 5.91 Å². The number of carbonyl (C=O) groups is 2. The highest BCUT2D eigenvalue weighted by Gasteiger charge is 2.37. The van der Waals surface area contributed by atoms with Gasteiger partial charge in [-0.25, -0.2) is 9.18 Å². The monoisotopic (exact) mass is 426 g/mol. The SMILES string of the molecule is O=C(Oc1cc(F)ccc1[N+](=O)[O-])C1CCCN1C(=O)c1cc(Cl)cc(Cl)c1. The van der Waals surface area contributed by atoms with Gasteiger partial charge in [-0.2, -0.15) is 0 Å². The smallest absolute Gasteiger partial charge is 0.334 e. The van der Waals surface area contributed by atoms with Gasteiger partial charge in [0.05, 0.1) is 4.92 Å². The second-order valence-corrected chi connectivity index (χ2v) is 6.98. The van der Waals surface area contributed by atoms with Crippen LogP contribution in [0.2, 0.25) is 10.0 Å². The summed E-state index contributed by atoms with van der Waals surface area (Å²) in [6.07, 6.45) is 0.840. The second-order valence-electron chi connectivity index (χ2n) is 6.10. The van der Waals surface area contributed by atoms with Gasteiger partial charge >= 0.3 is 11.7 Å². The molecule has 0 spiro atoms. The molecule has 1 unspecified atom stereocenters. The highest BCUT2D eigenvalue weighted by atomic mass is 35.5. The van der Waals surface area contributed by atoms with E-state index in [-0.39, 0.29) is 22.2 Å². The Balaban J connectivity index is 1.83. The molecule has 2 aromatic rings. The Morgan fingerprint density at radius 1 is 1.18 bits per heavy atom. The number of halogens is 3. The molecule has 1 fully saturated rings. The van der Waals surface area contributed by atoms with Crippen LogP contribution >= 0.6 is 23.2 Å². The van der Waals surface area contributed by atoms with Crippen molar-refractivity contribution in [1.82, 2.24) is 4.90 Å². The standard InChI is InChI=1S/C18H13Cl2FN2O5/c19-11-6-10(7-12(20)8-11)17(24)22-5-1-2-15(22)18(25)28-16-9-13(21)3-4-14(16)23(26)27/h3-4,6-9,15H,1-2,5H2. The molecule has 0 saturated carbocycles. The lowest BCUT2D eigenvalue weighted by molar-refractivity contribution is -0.385. The van der Waals surface area contributed by atoms with Crippen molar-refractivity contribution in [2.75, 3.05) is 6.54 Å². The third kappa shape index (κ3) is 4.23. The topological polar surface area (TPSA) is 89.8 Å². The van der Waals surface area contributed by atoms with Crippen LogP contribution in [0.4, 0.5) is 10.1 Å². The van der Waals surface area contributed by atoms with E-state index in [0.29, 0.717) is 12.8 Å². The van der Waals surface area contributed by atoms with Gasteiger partial charge in [-0.05, 0) is 37.1 Å². The molecule has 7 nitrogen and oxygen atoms in total. The minimum atomic E-state index is -0.965. The molecule has 0 radical (unpaired) electrons. The molecule has 0 bridgehead atoms. The fraction of sp³-hybridized carbons (Fsp3) is 0.222. The minimum Gasteiger partial charge on any atom is -0.418 e. The molecular formula is C18H13Cl2FN2O5. The van der Waals surface area contributed by atoms with E-state index in [9.17, 15) is 24.1 Å². The van der Waals surface area contributed by atoms with Crippen LogP contribution in [0.25, 0.3) is 0 Å². The summed E-state index contributed by atoms with van der Waals surface area (Å²) in [6, 6.07) is 5.91. The molecule has 146 valence electrons. The molecule has 1 aliphatic heterocycles. The highest BCUT2D eigenvalue weighted by Crippen LogP contribution is 2.30. The van der Waals surface area contributed by atoms with Gasteiger partial charge in [0.1, 0.15) is 11.9 Å². The molecule has 1 aliphatic rings. The Kier molecular flexibility index (Phi) is 5.81. The molecule has 1 amide bonds. The summed E-state index contributed by atoms with van der Waals surface area (Å²) in [4.78, 5) is 36.9. The van der Waals surface area contributed by atoms with E-state index in [2.05, 4.69) is 0 Å². The first-order chi connectivity index (χ1) is 13.3. The van der Waals surface area contributed by atoms with Crippen molar-refractivity contribution in [3.8, 4) is 5.75 Å². The van der Waals surface area contributed by atoms with Crippen LogP contribution in [0.5, 0.6) is 5.75 Å². The van der Waals surface area contributed by atoms with E-state index >= 15 is 0 Å². The van der Waals surface area contributed by atoms with Crippen LogP contribution in [-0.2, 0) is 4.79 Å². The fourth-order valence-corrected chi connectivity index (χ4v) is 3.52. The van der Waals surface area contributed by atoms with E-state index in [1.807, 2.05) is 0 Å². The molecule has 2 aromatic carbocycles. The predicted molar refractivity (Wildman–Crippen MR) is 99.2 cm³/mol. The minimum absolute atomic E-state index is 0.203. The Labute approximate surface area is 168 Å². The summed E-state index contributed by atoms with van der Waals surface area (Å²) in [5.74, 6) is -2.66. The first-order valence-corrected chi connectivity index (χ1v) is 8.94. The number of hydrogen-bond acceptors (Lipinski definition) is 5. The van der Waals surface area contributed by atoms with E-state index in [1.165, 1.54) is 23.1 Å². The summed E-state index contributed by atoms with van der Waals surface area (Å²) < 4.78 is 18.5. The molecule has 28 heavy (non-hydrogen) atoms. The Bertz CT molecular complexity index is 949. The van der Waals surface area contributed by atoms with Crippen molar-refractivity contribution < 1.29 is 23.6 Å². The van der Waals surface area contributed by atoms with Crippen molar-refractivity contribution in [1.29, 1.82) is 0 Å². The van der Waals surface area contributed by atoms with E-state index < -0.39 is 40.1 Å². The number of ether oxygens (including phenoxy) is 1. The summed E-state index contributed by atoms with van der Waals surface area (Å²) in [6.45, 7) is 0.286. The number of nitro benzene ring substituents is 1. The van der Waals surface area contributed by atoms with E-state index in [0.717, 1.165) is 18.2 Å². The number of benzene rings is 2. The lowest BCUT2D eigenvalue weighted by Crippen LogP contribution is -2.42. The van der Waals surface area contributed by atoms with Gasteiger partial charge in [0, 0.05) is 34.3 Å². The largest absolute Gasteiger partial charge is 0.418 e. The number of hydrogen-bond donors (Lipinski definition) is 0. The van der Waals surface area contributed by atoms with Gasteiger partial charge in [-0.3, -0.25) is 14.9 Å². The lowest BCUT2D eigenvalue weighted by atomic mass is 10.1. The molecule has 1 heterocycles. The second kappa shape index (κ2) is 8.12. The maximum absolute atomic E-state index is 13.4. The van der Waals surface area contributed by atoms with Gasteiger partial charge < -0.3 is 9.64 Å². The van der Waals surface area contributed by atoms with Crippen molar-refractivity contribution in [3.63, 3.8) is 0 Å². The number of amides is 1. The van der Waals surface area contributed by atoms with E-state index in [1.54, 1.807) is 0 Å². The number of rotatable bonds is 4. The zero-order chi connectivity index (χ0) is 20.4. The fourth-order valence-electron chi connectivity index (χ4n) is 2.99. The number of nitro groups is 1. The maximum atomic E-state index is 13.4. The zero-order valence-electron chi connectivity index (χ0n) is 14.2. The zero-order valence-corrected chi connectivity index (χ0v) is 15.7. The molecule has 0 aromatic heterocycles. The third-order valence-corrected chi connectivity index (χ3v) is 4.66. The Hall–Kier alpha value is -2.71. The Morgan fingerprint density at radius 3 is 2.50 bits per heavy atom. The summed E-state index contributed by atoms with van der Waals surface area (Å²) in [7, 11) is 0. The van der Waals surface area contributed by atoms with Crippen LogP contribution < -0.4 is 4.74 Å². The summed E-state index contributed by atoms with van der Waals surface area (Å²) >= 11 is 11.8. The lowest BCUT2D eigenvalue weighted by Gasteiger charge is -2.23. The normalized spacial score (nSPS) is 16.1. The van der Waals surface area contributed by atoms with Gasteiger partial charge in [0.15, 0.2) is 0 Å². The summed E-state index contributed by atoms with van der Waals surface area (Å²) in [5, 5.41) is 11.6. The van der Waals surface area contributed by atoms with Crippen LogP contribution in [-0.4, -0.2) is 34.3 Å². The average Bonchev–Trinajstić information content (AvgIpc) is 3.09. The predicted octanol–water partition coefficient (Wildman–Crippen LogP) is 4.25. The van der Waals surface area contributed by atoms with Crippen molar-refractivity contribution in [2.45, 2.75) is 18.9 Å². The molecule has 3 rings (SSSR count). The molecule has 0 aliphatic carbocycles. The third-order valence-electron chi connectivity index (χ3n) is 4.22. The van der Waals surface area contributed by atoms with Crippen LogP contribution in [0, 0.1) is 15.9 Å². The van der Waals surface area contributed by atoms with Crippen LogP contribution in [0.15, 0.2) is 36.4 Å². The molecule has 10 heteroatoms.